The summed E-state index contributed by atoms with van der Waals surface area (Å²) < 4.78 is 20.3. The zero-order valence-electron chi connectivity index (χ0n) is 16.1. The quantitative estimate of drug-likeness (QED) is 0.582. The number of amides is 1. The summed E-state index contributed by atoms with van der Waals surface area (Å²) in [5.74, 6) is 6.19. The number of aromatic nitrogens is 5. The predicted octanol–water partition coefficient (Wildman–Crippen LogP) is 0.367. The van der Waals surface area contributed by atoms with Gasteiger partial charge in [0.1, 0.15) is 23.5 Å². The lowest BCUT2D eigenvalue weighted by atomic mass is 10.2. The number of halogens is 1. The van der Waals surface area contributed by atoms with Crippen molar-refractivity contribution in [3.05, 3.63) is 70.4 Å². The van der Waals surface area contributed by atoms with Gasteiger partial charge in [-0.05, 0) is 29.7 Å². The maximum atomic E-state index is 12.7. The Kier molecular flexibility index (Phi) is 5.55. The van der Waals surface area contributed by atoms with Crippen molar-refractivity contribution in [2.45, 2.75) is 6.54 Å². The first-order valence-electron chi connectivity index (χ1n) is 9.12. The number of carbonyl (C=O) groups is 1. The number of hydrogen-bond acceptors (Lipinski definition) is 7. The SMILES string of the molecule is NC/C(=C\F)Cn1ncn(-c2cccc(C#Cc3cnc4c(c3)NC(=O)CO4)n2)c1=O. The van der Waals surface area contributed by atoms with Crippen LogP contribution in [0.3, 0.4) is 0 Å². The normalized spacial score (nSPS) is 13.0. The van der Waals surface area contributed by atoms with Crippen LogP contribution in [-0.4, -0.2) is 43.4 Å². The van der Waals surface area contributed by atoms with Crippen LogP contribution in [-0.2, 0) is 11.3 Å². The van der Waals surface area contributed by atoms with Crippen LogP contribution in [0.15, 0.2) is 53.5 Å². The van der Waals surface area contributed by atoms with E-state index in [2.05, 4.69) is 32.2 Å². The van der Waals surface area contributed by atoms with Gasteiger partial charge in [-0.1, -0.05) is 12.0 Å². The Balaban J connectivity index is 1.58. The maximum absolute atomic E-state index is 12.7. The smallest absolute Gasteiger partial charge is 0.351 e. The Bertz CT molecular complexity index is 1300. The summed E-state index contributed by atoms with van der Waals surface area (Å²) in [5, 5.41) is 6.64. The van der Waals surface area contributed by atoms with Crippen molar-refractivity contribution in [2.24, 2.45) is 5.73 Å². The number of nitrogens with one attached hydrogen (secondary N) is 1. The Morgan fingerprint density at radius 3 is 3.03 bits per heavy atom. The zero-order chi connectivity index (χ0) is 21.8. The lowest BCUT2D eigenvalue weighted by Crippen LogP contribution is -2.26. The van der Waals surface area contributed by atoms with E-state index >= 15 is 0 Å². The highest BCUT2D eigenvalue weighted by Crippen LogP contribution is 2.25. The predicted molar refractivity (Wildman–Crippen MR) is 108 cm³/mol. The molecule has 0 bridgehead atoms. The zero-order valence-corrected chi connectivity index (χ0v) is 16.1. The molecule has 1 amide bonds. The van der Waals surface area contributed by atoms with E-state index in [-0.39, 0.29) is 31.2 Å². The van der Waals surface area contributed by atoms with E-state index in [4.69, 9.17) is 10.5 Å². The van der Waals surface area contributed by atoms with Gasteiger partial charge < -0.3 is 15.8 Å². The number of nitrogens with zero attached hydrogens (tertiary/aromatic N) is 5. The molecule has 1 aliphatic rings. The van der Waals surface area contributed by atoms with Gasteiger partial charge in [-0.25, -0.2) is 28.4 Å². The fraction of sp³-hybridized carbons (Fsp3) is 0.150. The van der Waals surface area contributed by atoms with E-state index in [1.165, 1.54) is 17.1 Å². The minimum Gasteiger partial charge on any atom is -0.466 e. The molecular weight excluding hydrogens is 405 g/mol. The Hall–Kier alpha value is -4.30. The summed E-state index contributed by atoms with van der Waals surface area (Å²) in [6.45, 7) is -0.147. The van der Waals surface area contributed by atoms with Crippen LogP contribution < -0.4 is 21.5 Å². The molecule has 3 aromatic heterocycles. The highest BCUT2D eigenvalue weighted by Gasteiger charge is 2.17. The van der Waals surface area contributed by atoms with Gasteiger partial charge in [0.2, 0.25) is 5.88 Å². The summed E-state index contributed by atoms with van der Waals surface area (Å²) in [6, 6.07) is 6.65. The van der Waals surface area contributed by atoms with Crippen LogP contribution in [0.5, 0.6) is 5.88 Å². The summed E-state index contributed by atoms with van der Waals surface area (Å²) in [4.78, 5) is 32.5. The second kappa shape index (κ2) is 8.60. The number of rotatable bonds is 4. The molecule has 4 rings (SSSR count). The van der Waals surface area contributed by atoms with Crippen molar-refractivity contribution in [3.63, 3.8) is 0 Å². The van der Waals surface area contributed by atoms with E-state index in [0.29, 0.717) is 35.0 Å². The first kappa shape index (κ1) is 20.0. The topological polar surface area (TPSA) is 130 Å². The third kappa shape index (κ3) is 4.34. The van der Waals surface area contributed by atoms with Crippen LogP contribution in [0.4, 0.5) is 10.1 Å². The Morgan fingerprint density at radius 2 is 2.23 bits per heavy atom. The van der Waals surface area contributed by atoms with Gasteiger partial charge in [-0.2, -0.15) is 5.10 Å². The molecule has 3 aromatic rings. The highest BCUT2D eigenvalue weighted by atomic mass is 19.1. The minimum atomic E-state index is -0.486. The van der Waals surface area contributed by atoms with Gasteiger partial charge in [0.15, 0.2) is 6.61 Å². The van der Waals surface area contributed by atoms with Crippen molar-refractivity contribution >= 4 is 11.6 Å². The number of pyridine rings is 2. The van der Waals surface area contributed by atoms with Crippen molar-refractivity contribution < 1.29 is 13.9 Å². The van der Waals surface area contributed by atoms with Crippen molar-refractivity contribution in [1.82, 2.24) is 24.3 Å². The molecule has 0 aromatic carbocycles. The molecular formula is C20H16FN7O3. The molecule has 0 saturated carbocycles. The Labute approximate surface area is 175 Å². The molecule has 0 atom stereocenters. The summed E-state index contributed by atoms with van der Waals surface area (Å²) in [6.07, 6.45) is 3.19. The molecule has 0 aliphatic carbocycles. The highest BCUT2D eigenvalue weighted by molar-refractivity contribution is 5.95. The van der Waals surface area contributed by atoms with E-state index in [0.717, 1.165) is 4.68 Å². The van der Waals surface area contributed by atoms with Crippen molar-refractivity contribution in [2.75, 3.05) is 18.5 Å². The standard InChI is InChI=1S/C20H16FN7O3/c21-7-14(8-22)10-28-20(30)27(12-24-28)17-3-1-2-15(25-17)5-4-13-6-16-19(23-9-13)31-11-18(29)26-16/h1-3,6-7,9,12H,8,10-11,22H2,(H,26,29)/b14-7+. The third-order valence-electron chi connectivity index (χ3n) is 4.28. The first-order valence-corrected chi connectivity index (χ1v) is 9.12. The fourth-order valence-corrected chi connectivity index (χ4v) is 2.75. The minimum absolute atomic E-state index is 0.0213. The third-order valence-corrected chi connectivity index (χ3v) is 4.28. The number of ether oxygens (including phenoxy) is 1. The molecule has 3 N–H and O–H groups in total. The Morgan fingerprint density at radius 1 is 1.35 bits per heavy atom. The van der Waals surface area contributed by atoms with Crippen molar-refractivity contribution in [1.29, 1.82) is 0 Å². The molecule has 11 heteroatoms. The van der Waals surface area contributed by atoms with Crippen LogP contribution in [0.2, 0.25) is 0 Å². The summed E-state index contributed by atoms with van der Waals surface area (Å²) >= 11 is 0. The lowest BCUT2D eigenvalue weighted by molar-refractivity contribution is -0.118. The number of fused-ring (bicyclic) bond motifs is 1. The molecule has 1 aliphatic heterocycles. The molecule has 156 valence electrons. The van der Waals surface area contributed by atoms with Crippen LogP contribution in [0.25, 0.3) is 5.82 Å². The summed E-state index contributed by atoms with van der Waals surface area (Å²) in [7, 11) is 0. The van der Waals surface area contributed by atoms with Crippen LogP contribution in [0.1, 0.15) is 11.3 Å². The van der Waals surface area contributed by atoms with E-state index in [9.17, 15) is 14.0 Å². The van der Waals surface area contributed by atoms with Gasteiger partial charge in [-0.3, -0.25) is 4.79 Å². The molecule has 10 nitrogen and oxygen atoms in total. The van der Waals surface area contributed by atoms with Gasteiger partial charge in [-0.15, -0.1) is 0 Å². The summed E-state index contributed by atoms with van der Waals surface area (Å²) in [5.41, 5.74) is 6.58. The van der Waals surface area contributed by atoms with Gasteiger partial charge in [0.25, 0.3) is 5.91 Å². The fourth-order valence-electron chi connectivity index (χ4n) is 2.75. The van der Waals surface area contributed by atoms with Crippen LogP contribution in [0, 0.1) is 11.8 Å². The lowest BCUT2D eigenvalue weighted by Gasteiger charge is -2.16. The molecule has 31 heavy (non-hydrogen) atoms. The van der Waals surface area contributed by atoms with Gasteiger partial charge in [0, 0.05) is 18.3 Å². The number of hydrogen-bond donors (Lipinski definition) is 2. The van der Waals surface area contributed by atoms with Gasteiger partial charge >= 0.3 is 5.69 Å². The van der Waals surface area contributed by atoms with Crippen molar-refractivity contribution in [3.8, 4) is 23.5 Å². The maximum Gasteiger partial charge on any atom is 0.351 e. The van der Waals surface area contributed by atoms with Crippen LogP contribution >= 0.6 is 0 Å². The average molecular weight is 421 g/mol. The molecule has 0 fully saturated rings. The average Bonchev–Trinajstić information content (AvgIpc) is 3.15. The molecule has 0 radical (unpaired) electrons. The monoisotopic (exact) mass is 421 g/mol. The molecule has 4 heterocycles. The first-order chi connectivity index (χ1) is 15.1. The number of nitrogens with two attached hydrogens (primary N) is 1. The largest absolute Gasteiger partial charge is 0.466 e. The molecule has 0 saturated heterocycles. The molecule has 0 unspecified atom stereocenters. The van der Waals surface area contributed by atoms with E-state index < -0.39 is 5.69 Å². The second-order valence-corrected chi connectivity index (χ2v) is 6.46. The second-order valence-electron chi connectivity index (χ2n) is 6.46. The number of anilines is 1. The molecule has 0 spiro atoms. The van der Waals surface area contributed by atoms with Gasteiger partial charge in [0.05, 0.1) is 12.9 Å². The van der Waals surface area contributed by atoms with E-state index in [1.54, 1.807) is 24.3 Å². The van der Waals surface area contributed by atoms with E-state index in [1.807, 2.05) is 0 Å². The number of carbonyl (C=O) groups excluding carboxylic acids is 1.